The molecule has 1 aliphatic heterocycles. The molecule has 2 rings (SSSR count). The molecule has 0 spiro atoms. The van der Waals surface area contributed by atoms with Crippen molar-refractivity contribution in [1.82, 2.24) is 9.80 Å². The molecule has 2 N–H and O–H groups in total. The second kappa shape index (κ2) is 5.90. The molecule has 0 bridgehead atoms. The molecule has 5 heteroatoms. The quantitative estimate of drug-likeness (QED) is 0.792. The van der Waals surface area contributed by atoms with Crippen LogP contribution in [0.1, 0.15) is 38.5 Å². The maximum Gasteiger partial charge on any atom is 0.242 e. The van der Waals surface area contributed by atoms with Crippen LogP contribution in [-0.2, 0) is 9.59 Å². The van der Waals surface area contributed by atoms with E-state index in [2.05, 4.69) is 0 Å². The molecule has 2 amide bonds. The van der Waals surface area contributed by atoms with Crippen LogP contribution in [0, 0.1) is 5.41 Å². The van der Waals surface area contributed by atoms with E-state index >= 15 is 0 Å². The lowest BCUT2D eigenvalue weighted by Gasteiger charge is -2.41. The summed E-state index contributed by atoms with van der Waals surface area (Å²) in [5.74, 6) is 0.126. The van der Waals surface area contributed by atoms with Gasteiger partial charge in [-0.25, -0.2) is 0 Å². The molecular weight excluding hydrogens is 242 g/mol. The predicted molar refractivity (Wildman–Crippen MR) is 73.4 cm³/mol. The lowest BCUT2D eigenvalue weighted by Crippen LogP contribution is -2.45. The molecule has 0 aromatic rings. The van der Waals surface area contributed by atoms with Crippen molar-refractivity contribution in [2.75, 3.05) is 33.2 Å². The molecule has 1 saturated carbocycles. The third-order valence-corrected chi connectivity index (χ3v) is 4.63. The van der Waals surface area contributed by atoms with E-state index in [1.165, 1.54) is 6.42 Å². The van der Waals surface area contributed by atoms with Gasteiger partial charge in [0.25, 0.3) is 0 Å². The fraction of sp³-hybridized carbons (Fsp3) is 0.857. The van der Waals surface area contributed by atoms with Crippen molar-refractivity contribution >= 4 is 11.8 Å². The fourth-order valence-electron chi connectivity index (χ4n) is 2.94. The van der Waals surface area contributed by atoms with Gasteiger partial charge in [0, 0.05) is 26.6 Å². The van der Waals surface area contributed by atoms with Gasteiger partial charge in [-0.15, -0.1) is 0 Å². The van der Waals surface area contributed by atoms with Gasteiger partial charge in [0.05, 0.1) is 6.54 Å². The van der Waals surface area contributed by atoms with Gasteiger partial charge in [0.2, 0.25) is 11.8 Å². The molecule has 2 fully saturated rings. The van der Waals surface area contributed by atoms with E-state index in [4.69, 9.17) is 5.73 Å². The Kier molecular flexibility index (Phi) is 4.45. The smallest absolute Gasteiger partial charge is 0.242 e. The Labute approximate surface area is 115 Å². The molecule has 108 valence electrons. The Morgan fingerprint density at radius 2 is 1.84 bits per heavy atom. The zero-order valence-corrected chi connectivity index (χ0v) is 11.9. The third kappa shape index (κ3) is 3.26. The topological polar surface area (TPSA) is 66.6 Å². The molecule has 1 heterocycles. The Bertz CT molecular complexity index is 341. The van der Waals surface area contributed by atoms with Crippen LogP contribution in [0.15, 0.2) is 0 Å². The van der Waals surface area contributed by atoms with Crippen LogP contribution in [0.5, 0.6) is 0 Å². The van der Waals surface area contributed by atoms with E-state index < -0.39 is 0 Å². The van der Waals surface area contributed by atoms with Crippen LogP contribution in [0.2, 0.25) is 0 Å². The number of likely N-dealkylation sites (tertiary alicyclic amines) is 1. The van der Waals surface area contributed by atoms with Crippen molar-refractivity contribution in [3.8, 4) is 0 Å². The summed E-state index contributed by atoms with van der Waals surface area (Å²) < 4.78 is 0. The van der Waals surface area contributed by atoms with Crippen molar-refractivity contribution < 1.29 is 9.59 Å². The summed E-state index contributed by atoms with van der Waals surface area (Å²) >= 11 is 0. The summed E-state index contributed by atoms with van der Waals surface area (Å²) in [5.41, 5.74) is 5.79. The van der Waals surface area contributed by atoms with Gasteiger partial charge >= 0.3 is 0 Å². The van der Waals surface area contributed by atoms with Crippen LogP contribution in [0.25, 0.3) is 0 Å². The average Bonchev–Trinajstić information content (AvgIpc) is 2.87. The summed E-state index contributed by atoms with van der Waals surface area (Å²) in [5, 5.41) is 0. The fourth-order valence-corrected chi connectivity index (χ4v) is 2.94. The van der Waals surface area contributed by atoms with Crippen LogP contribution in [-0.4, -0.2) is 54.8 Å². The minimum Gasteiger partial charge on any atom is -0.341 e. The highest BCUT2D eigenvalue weighted by Gasteiger charge is 2.38. The zero-order chi connectivity index (χ0) is 13.9. The minimum atomic E-state index is 0.0159. The minimum absolute atomic E-state index is 0.0159. The summed E-state index contributed by atoms with van der Waals surface area (Å²) in [4.78, 5) is 27.6. The SMILES string of the molecule is CN(CC(=O)N1CCCC1)C(=O)CC1(CN)CCC1. The third-order valence-electron chi connectivity index (χ3n) is 4.63. The van der Waals surface area contributed by atoms with E-state index in [1.807, 2.05) is 4.90 Å². The highest BCUT2D eigenvalue weighted by atomic mass is 16.2. The first-order chi connectivity index (χ1) is 9.06. The lowest BCUT2D eigenvalue weighted by molar-refractivity contribution is -0.141. The van der Waals surface area contributed by atoms with Crippen LogP contribution >= 0.6 is 0 Å². The maximum atomic E-state index is 12.2. The second-order valence-electron chi connectivity index (χ2n) is 6.07. The number of rotatable bonds is 5. The van der Waals surface area contributed by atoms with Crippen molar-refractivity contribution in [2.24, 2.45) is 11.1 Å². The summed E-state index contributed by atoms with van der Waals surface area (Å²) in [6.07, 6.45) is 5.92. The Morgan fingerprint density at radius 1 is 1.21 bits per heavy atom. The van der Waals surface area contributed by atoms with Crippen LogP contribution in [0.3, 0.4) is 0 Å². The predicted octanol–water partition coefficient (Wildman–Crippen LogP) is 0.586. The lowest BCUT2D eigenvalue weighted by atomic mass is 9.66. The van der Waals surface area contributed by atoms with Gasteiger partial charge in [-0.05, 0) is 37.6 Å². The van der Waals surface area contributed by atoms with E-state index in [0.29, 0.717) is 13.0 Å². The number of carbonyl (C=O) groups is 2. The van der Waals surface area contributed by atoms with Crippen molar-refractivity contribution in [3.63, 3.8) is 0 Å². The highest BCUT2D eigenvalue weighted by Crippen LogP contribution is 2.43. The van der Waals surface area contributed by atoms with Crippen LogP contribution in [0.4, 0.5) is 0 Å². The molecule has 5 nitrogen and oxygen atoms in total. The Hall–Kier alpha value is -1.10. The highest BCUT2D eigenvalue weighted by molar-refractivity contribution is 5.85. The summed E-state index contributed by atoms with van der Waals surface area (Å²) in [7, 11) is 1.72. The number of nitrogens with two attached hydrogens (primary N) is 1. The zero-order valence-electron chi connectivity index (χ0n) is 11.9. The van der Waals surface area contributed by atoms with E-state index in [1.54, 1.807) is 11.9 Å². The number of carbonyl (C=O) groups excluding carboxylic acids is 2. The van der Waals surface area contributed by atoms with Crippen molar-refractivity contribution in [2.45, 2.75) is 38.5 Å². The van der Waals surface area contributed by atoms with Gasteiger partial charge in [-0.1, -0.05) is 6.42 Å². The standard InChI is InChI=1S/C14H25N3O2/c1-16(10-13(19)17-7-2-3-8-17)12(18)9-14(11-15)5-4-6-14/h2-11,15H2,1H3. The monoisotopic (exact) mass is 267 g/mol. The first-order valence-electron chi connectivity index (χ1n) is 7.28. The molecule has 0 radical (unpaired) electrons. The number of likely N-dealkylation sites (N-methyl/N-ethyl adjacent to an activating group) is 1. The Morgan fingerprint density at radius 3 is 2.32 bits per heavy atom. The maximum absolute atomic E-state index is 12.2. The molecular formula is C14H25N3O2. The van der Waals surface area contributed by atoms with Gasteiger partial charge in [0.1, 0.15) is 0 Å². The molecule has 1 aliphatic carbocycles. The van der Waals surface area contributed by atoms with Crippen molar-refractivity contribution in [3.05, 3.63) is 0 Å². The van der Waals surface area contributed by atoms with E-state index in [-0.39, 0.29) is 23.8 Å². The number of hydrogen-bond acceptors (Lipinski definition) is 3. The molecule has 1 saturated heterocycles. The molecule has 19 heavy (non-hydrogen) atoms. The number of amides is 2. The van der Waals surface area contributed by atoms with E-state index in [9.17, 15) is 9.59 Å². The van der Waals surface area contributed by atoms with Crippen molar-refractivity contribution in [1.29, 1.82) is 0 Å². The first-order valence-corrected chi connectivity index (χ1v) is 7.28. The molecule has 0 unspecified atom stereocenters. The normalized spacial score (nSPS) is 21.1. The van der Waals surface area contributed by atoms with Gasteiger partial charge < -0.3 is 15.5 Å². The summed E-state index contributed by atoms with van der Waals surface area (Å²) in [6, 6.07) is 0. The Balaban J connectivity index is 1.80. The van der Waals surface area contributed by atoms with Gasteiger partial charge in [0.15, 0.2) is 0 Å². The summed E-state index contributed by atoms with van der Waals surface area (Å²) in [6.45, 7) is 2.47. The number of hydrogen-bond donors (Lipinski definition) is 1. The molecule has 0 aromatic carbocycles. The van der Waals surface area contributed by atoms with Crippen LogP contribution < -0.4 is 5.73 Å². The molecule has 0 atom stereocenters. The average molecular weight is 267 g/mol. The molecule has 2 aliphatic rings. The van der Waals surface area contributed by atoms with Gasteiger partial charge in [-0.3, -0.25) is 9.59 Å². The number of nitrogens with zero attached hydrogens (tertiary/aromatic N) is 2. The first kappa shape index (κ1) is 14.3. The van der Waals surface area contributed by atoms with E-state index in [0.717, 1.165) is 38.8 Å². The largest absolute Gasteiger partial charge is 0.341 e. The van der Waals surface area contributed by atoms with Gasteiger partial charge in [-0.2, -0.15) is 0 Å². The molecule has 0 aromatic heterocycles. The second-order valence-corrected chi connectivity index (χ2v) is 6.07.